The second-order valence-electron chi connectivity index (χ2n) is 2.86. The van der Waals surface area contributed by atoms with Crippen LogP contribution in [0.25, 0.3) is 0 Å². The Hall–Kier alpha value is -1.36. The molecule has 0 aromatic heterocycles. The Bertz CT molecular complexity index is 368. The third kappa shape index (κ3) is 1.04. The van der Waals surface area contributed by atoms with E-state index in [0.717, 1.165) is 6.07 Å². The predicted octanol–water partition coefficient (Wildman–Crippen LogP) is 1.06. The molecule has 0 radical (unpaired) electrons. The van der Waals surface area contributed by atoms with Gasteiger partial charge in [-0.25, -0.2) is 0 Å². The lowest BCUT2D eigenvalue weighted by molar-refractivity contribution is 0.311. The number of ether oxygens (including phenoxy) is 1. The van der Waals surface area contributed by atoms with E-state index in [2.05, 4.69) is 0 Å². The monoisotopic (exact) mass is 187 g/mol. The maximum atomic E-state index is 13.0. The van der Waals surface area contributed by atoms with Gasteiger partial charge in [-0.3, -0.25) is 0 Å². The van der Waals surface area contributed by atoms with E-state index in [1.807, 2.05) is 0 Å². The van der Waals surface area contributed by atoms with Crippen LogP contribution in [0.5, 0.6) is 11.5 Å². The van der Waals surface area contributed by atoms with Gasteiger partial charge in [0.2, 0.25) is 11.6 Å². The molecule has 3 N–H and O–H groups in total. The van der Waals surface area contributed by atoms with Gasteiger partial charge in [0.05, 0.1) is 6.04 Å². The molecule has 1 aliphatic heterocycles. The fraction of sp³-hybridized carbons (Fsp3) is 0.250. The maximum absolute atomic E-state index is 13.0. The summed E-state index contributed by atoms with van der Waals surface area (Å²) in [7, 11) is 0. The van der Waals surface area contributed by atoms with Crippen LogP contribution in [0, 0.1) is 11.6 Å². The van der Waals surface area contributed by atoms with Gasteiger partial charge in [0, 0.05) is 5.56 Å². The molecule has 3 nitrogen and oxygen atoms in total. The minimum atomic E-state index is -1.30. The molecule has 2 rings (SSSR count). The van der Waals surface area contributed by atoms with Gasteiger partial charge < -0.3 is 15.6 Å². The Morgan fingerprint density at radius 1 is 1.46 bits per heavy atom. The topological polar surface area (TPSA) is 55.5 Å². The van der Waals surface area contributed by atoms with Crippen molar-refractivity contribution in [3.63, 3.8) is 0 Å². The summed E-state index contributed by atoms with van der Waals surface area (Å²) >= 11 is 0. The highest BCUT2D eigenvalue weighted by atomic mass is 19.2. The molecule has 0 amide bonds. The molecule has 1 aliphatic rings. The van der Waals surface area contributed by atoms with Gasteiger partial charge in [0.15, 0.2) is 11.5 Å². The zero-order valence-corrected chi connectivity index (χ0v) is 6.55. The first-order chi connectivity index (χ1) is 6.11. The van der Waals surface area contributed by atoms with Crippen molar-refractivity contribution in [1.29, 1.82) is 0 Å². The quantitative estimate of drug-likeness (QED) is 0.638. The molecular formula is C8H7F2NO2. The van der Waals surface area contributed by atoms with Gasteiger partial charge >= 0.3 is 0 Å². The first-order valence-electron chi connectivity index (χ1n) is 3.70. The fourth-order valence-electron chi connectivity index (χ4n) is 1.30. The minimum Gasteiger partial charge on any atom is -0.505 e. The molecule has 1 aromatic carbocycles. The van der Waals surface area contributed by atoms with Gasteiger partial charge in [-0.15, -0.1) is 0 Å². The summed E-state index contributed by atoms with van der Waals surface area (Å²) in [6.45, 7) is 0.106. The smallest absolute Gasteiger partial charge is 0.204 e. The van der Waals surface area contributed by atoms with Gasteiger partial charge in [0.1, 0.15) is 6.61 Å². The minimum absolute atomic E-state index is 0.106. The van der Waals surface area contributed by atoms with Crippen LogP contribution in [0.1, 0.15) is 11.6 Å². The normalized spacial score (nSPS) is 19.8. The number of aromatic hydroxyl groups is 1. The van der Waals surface area contributed by atoms with Crippen molar-refractivity contribution in [3.8, 4) is 11.5 Å². The van der Waals surface area contributed by atoms with Crippen LogP contribution in [0.4, 0.5) is 8.78 Å². The molecule has 5 heteroatoms. The molecule has 1 heterocycles. The van der Waals surface area contributed by atoms with Gasteiger partial charge in [-0.2, -0.15) is 8.78 Å². The second kappa shape index (κ2) is 2.56. The average molecular weight is 187 g/mol. The Morgan fingerprint density at radius 2 is 2.15 bits per heavy atom. The molecule has 0 fully saturated rings. The third-order valence-electron chi connectivity index (χ3n) is 1.98. The molecule has 1 unspecified atom stereocenters. The van der Waals surface area contributed by atoms with E-state index in [1.54, 1.807) is 0 Å². The Kier molecular flexibility index (Phi) is 1.63. The number of halogens is 2. The van der Waals surface area contributed by atoms with Crippen LogP contribution in [-0.4, -0.2) is 11.7 Å². The SMILES string of the molecule is NC1COc2c1cc(O)c(F)c2F. The summed E-state index contributed by atoms with van der Waals surface area (Å²) in [6.07, 6.45) is 0. The number of benzene rings is 1. The molecule has 0 spiro atoms. The van der Waals surface area contributed by atoms with Gasteiger partial charge in [-0.1, -0.05) is 0 Å². The summed E-state index contributed by atoms with van der Waals surface area (Å²) in [5, 5.41) is 8.96. The van der Waals surface area contributed by atoms with E-state index in [1.165, 1.54) is 0 Å². The van der Waals surface area contributed by atoms with Crippen molar-refractivity contribution in [3.05, 3.63) is 23.3 Å². The fourth-order valence-corrected chi connectivity index (χ4v) is 1.30. The number of phenols is 1. The molecule has 0 bridgehead atoms. The first kappa shape index (κ1) is 8.25. The first-order valence-corrected chi connectivity index (χ1v) is 3.70. The van der Waals surface area contributed by atoms with Crippen LogP contribution in [0.3, 0.4) is 0 Å². The van der Waals surface area contributed by atoms with Crippen molar-refractivity contribution in [2.24, 2.45) is 5.73 Å². The summed E-state index contributed by atoms with van der Waals surface area (Å²) in [4.78, 5) is 0. The van der Waals surface area contributed by atoms with Crippen molar-refractivity contribution < 1.29 is 18.6 Å². The highest BCUT2D eigenvalue weighted by molar-refractivity contribution is 5.46. The number of rotatable bonds is 0. The maximum Gasteiger partial charge on any atom is 0.204 e. The van der Waals surface area contributed by atoms with E-state index in [0.29, 0.717) is 5.56 Å². The average Bonchev–Trinajstić information content (AvgIpc) is 2.45. The zero-order valence-electron chi connectivity index (χ0n) is 6.55. The molecule has 70 valence electrons. The van der Waals surface area contributed by atoms with Gasteiger partial charge in [0.25, 0.3) is 0 Å². The number of fused-ring (bicyclic) bond motifs is 1. The summed E-state index contributed by atoms with van der Waals surface area (Å²) < 4.78 is 30.6. The van der Waals surface area contributed by atoms with E-state index < -0.39 is 23.4 Å². The van der Waals surface area contributed by atoms with Crippen LogP contribution < -0.4 is 10.5 Å². The van der Waals surface area contributed by atoms with Crippen LogP contribution >= 0.6 is 0 Å². The highest BCUT2D eigenvalue weighted by Gasteiger charge is 2.28. The molecule has 0 saturated heterocycles. The van der Waals surface area contributed by atoms with Crippen LogP contribution in [0.15, 0.2) is 6.07 Å². The standard InChI is InChI=1S/C8H7F2NO2/c9-6-5(12)1-3-4(11)2-13-8(3)7(6)10/h1,4,12H,2,11H2. The lowest BCUT2D eigenvalue weighted by Gasteiger charge is -2.03. The van der Waals surface area contributed by atoms with Crippen molar-refractivity contribution in [2.45, 2.75) is 6.04 Å². The third-order valence-corrected chi connectivity index (χ3v) is 1.98. The second-order valence-corrected chi connectivity index (χ2v) is 2.86. The van der Waals surface area contributed by atoms with Crippen LogP contribution in [0.2, 0.25) is 0 Å². The molecule has 0 saturated carbocycles. The number of hydrogen-bond donors (Lipinski definition) is 2. The number of phenolic OH excluding ortho intramolecular Hbond substituents is 1. The van der Waals surface area contributed by atoms with E-state index >= 15 is 0 Å². The molecular weight excluding hydrogens is 180 g/mol. The number of nitrogens with two attached hydrogens (primary N) is 1. The molecule has 13 heavy (non-hydrogen) atoms. The van der Waals surface area contributed by atoms with Gasteiger partial charge in [-0.05, 0) is 6.07 Å². The molecule has 0 aliphatic carbocycles. The molecule has 1 aromatic rings. The van der Waals surface area contributed by atoms with Crippen molar-refractivity contribution in [2.75, 3.05) is 6.61 Å². The Morgan fingerprint density at radius 3 is 2.85 bits per heavy atom. The van der Waals surface area contributed by atoms with Crippen molar-refractivity contribution >= 4 is 0 Å². The number of hydrogen-bond acceptors (Lipinski definition) is 3. The summed E-state index contributed by atoms with van der Waals surface area (Å²) in [5.41, 5.74) is 5.81. The zero-order chi connectivity index (χ0) is 9.59. The largest absolute Gasteiger partial charge is 0.505 e. The lowest BCUT2D eigenvalue weighted by atomic mass is 10.1. The summed E-state index contributed by atoms with van der Waals surface area (Å²) in [6, 6.07) is 0.585. The molecule has 1 atom stereocenters. The van der Waals surface area contributed by atoms with Crippen molar-refractivity contribution in [1.82, 2.24) is 0 Å². The predicted molar refractivity (Wildman–Crippen MR) is 40.4 cm³/mol. The Labute approximate surface area is 72.7 Å². The van der Waals surface area contributed by atoms with E-state index in [-0.39, 0.29) is 12.4 Å². The highest BCUT2D eigenvalue weighted by Crippen LogP contribution is 2.38. The summed E-state index contributed by atoms with van der Waals surface area (Å²) in [5.74, 6) is -3.41. The van der Waals surface area contributed by atoms with Crippen LogP contribution in [-0.2, 0) is 0 Å². The Balaban J connectivity index is 2.67. The van der Waals surface area contributed by atoms with E-state index in [4.69, 9.17) is 15.6 Å². The lowest BCUT2D eigenvalue weighted by Crippen LogP contribution is -2.10. The van der Waals surface area contributed by atoms with E-state index in [9.17, 15) is 8.78 Å².